The Balaban J connectivity index is 2.29. The summed E-state index contributed by atoms with van der Waals surface area (Å²) in [5, 5.41) is 12.1. The van der Waals surface area contributed by atoms with Crippen LogP contribution in [0.2, 0.25) is 0 Å². The van der Waals surface area contributed by atoms with Gasteiger partial charge in [0.1, 0.15) is 6.07 Å². The summed E-state index contributed by atoms with van der Waals surface area (Å²) < 4.78 is 14.3. The molecule has 0 heterocycles. The Morgan fingerprint density at radius 2 is 2.24 bits per heavy atom. The van der Waals surface area contributed by atoms with E-state index >= 15 is 0 Å². The fourth-order valence-corrected chi connectivity index (χ4v) is 2.62. The minimum Gasteiger partial charge on any atom is -0.377 e. The van der Waals surface area contributed by atoms with E-state index in [4.69, 9.17) is 5.26 Å². The van der Waals surface area contributed by atoms with E-state index in [1.165, 1.54) is 6.42 Å². The van der Waals surface area contributed by atoms with Crippen LogP contribution in [0.5, 0.6) is 0 Å². The van der Waals surface area contributed by atoms with Gasteiger partial charge in [-0.15, -0.1) is 0 Å². The lowest BCUT2D eigenvalue weighted by Crippen LogP contribution is -2.44. The summed E-state index contributed by atoms with van der Waals surface area (Å²) in [5.41, 5.74) is 0.860. The Morgan fingerprint density at radius 3 is 2.71 bits per heavy atom. The monoisotopic (exact) mass is 296 g/mol. The molecule has 1 saturated carbocycles. The van der Waals surface area contributed by atoms with Crippen molar-refractivity contribution in [1.29, 1.82) is 5.26 Å². The number of hydrogen-bond acceptors (Lipinski definition) is 2. The Morgan fingerprint density at radius 1 is 1.53 bits per heavy atom. The van der Waals surface area contributed by atoms with E-state index in [1.54, 1.807) is 12.1 Å². The summed E-state index contributed by atoms with van der Waals surface area (Å²) >= 11 is 3.12. The Bertz CT molecular complexity index is 470. The fraction of sp³-hybridized carbons (Fsp3) is 0.462. The molecule has 0 aliphatic heterocycles. The van der Waals surface area contributed by atoms with E-state index in [0.717, 1.165) is 19.3 Å². The zero-order valence-electron chi connectivity index (χ0n) is 9.69. The van der Waals surface area contributed by atoms with Gasteiger partial charge in [-0.25, -0.2) is 4.39 Å². The van der Waals surface area contributed by atoms with Gasteiger partial charge in [-0.3, -0.25) is 0 Å². The molecule has 0 amide bonds. The summed E-state index contributed by atoms with van der Waals surface area (Å²) in [6.45, 7) is 2.11. The number of rotatable bonds is 3. The fourth-order valence-electron chi connectivity index (χ4n) is 2.19. The van der Waals surface area contributed by atoms with Gasteiger partial charge in [0.25, 0.3) is 0 Å². The molecule has 4 heteroatoms. The van der Waals surface area contributed by atoms with Crippen molar-refractivity contribution in [2.45, 2.75) is 38.1 Å². The van der Waals surface area contributed by atoms with Crippen molar-refractivity contribution in [3.05, 3.63) is 28.0 Å². The number of nitriles is 1. The molecule has 1 aromatic rings. The lowest BCUT2D eigenvalue weighted by molar-refractivity contribution is 0.268. The smallest absolute Gasteiger partial charge is 0.161 e. The van der Waals surface area contributed by atoms with Crippen molar-refractivity contribution in [3.8, 4) is 6.07 Å². The standard InChI is InChI=1S/C13H14BrFN2/c1-2-13(6-3-7-13)17-10-5-4-9(8-16)11(14)12(10)15/h4-5,17H,2-3,6-7H2,1H3. The number of anilines is 1. The van der Waals surface area contributed by atoms with Crippen molar-refractivity contribution in [2.24, 2.45) is 0 Å². The Kier molecular flexibility index (Phi) is 3.39. The number of nitrogens with zero attached hydrogens (tertiary/aromatic N) is 1. The molecule has 0 aromatic heterocycles. The summed E-state index contributed by atoms with van der Waals surface area (Å²) in [5.74, 6) is -0.372. The van der Waals surface area contributed by atoms with Crippen LogP contribution < -0.4 is 5.32 Å². The van der Waals surface area contributed by atoms with Gasteiger partial charge in [0, 0.05) is 5.54 Å². The molecule has 1 aromatic carbocycles. The van der Waals surface area contributed by atoms with E-state index in [2.05, 4.69) is 28.2 Å². The summed E-state index contributed by atoms with van der Waals surface area (Å²) in [6.07, 6.45) is 4.35. The SMILES string of the molecule is CCC1(Nc2ccc(C#N)c(Br)c2F)CCC1. The Hall–Kier alpha value is -1.08. The van der Waals surface area contributed by atoms with Gasteiger partial charge in [0.15, 0.2) is 5.82 Å². The molecule has 90 valence electrons. The normalized spacial score (nSPS) is 17.1. The molecule has 17 heavy (non-hydrogen) atoms. The zero-order chi connectivity index (χ0) is 12.5. The summed E-state index contributed by atoms with van der Waals surface area (Å²) in [7, 11) is 0. The van der Waals surface area contributed by atoms with Crippen molar-refractivity contribution in [2.75, 3.05) is 5.32 Å². The molecule has 1 fully saturated rings. The van der Waals surface area contributed by atoms with Crippen LogP contribution in [0, 0.1) is 17.1 Å². The predicted octanol–water partition coefficient (Wildman–Crippen LogP) is 4.20. The minimum absolute atomic E-state index is 0.0500. The van der Waals surface area contributed by atoms with Gasteiger partial charge >= 0.3 is 0 Å². The molecular weight excluding hydrogens is 283 g/mol. The molecule has 0 bridgehead atoms. The zero-order valence-corrected chi connectivity index (χ0v) is 11.3. The van der Waals surface area contributed by atoms with Gasteiger partial charge in [-0.05, 0) is 53.7 Å². The van der Waals surface area contributed by atoms with E-state index in [0.29, 0.717) is 11.3 Å². The van der Waals surface area contributed by atoms with E-state index in [1.807, 2.05) is 6.07 Å². The molecule has 1 aliphatic rings. The predicted molar refractivity (Wildman–Crippen MR) is 69.3 cm³/mol. The summed E-state index contributed by atoms with van der Waals surface area (Å²) in [4.78, 5) is 0. The Labute approximate surface area is 109 Å². The first kappa shape index (κ1) is 12.4. The highest BCUT2D eigenvalue weighted by molar-refractivity contribution is 9.10. The molecular formula is C13H14BrFN2. The van der Waals surface area contributed by atoms with Gasteiger partial charge in [0.05, 0.1) is 15.7 Å². The molecule has 0 spiro atoms. The van der Waals surface area contributed by atoms with Crippen LogP contribution in [0.3, 0.4) is 0 Å². The second-order valence-electron chi connectivity index (χ2n) is 4.51. The molecule has 2 rings (SSSR count). The third-order valence-corrected chi connectivity index (χ3v) is 4.37. The number of halogens is 2. The van der Waals surface area contributed by atoms with Crippen LogP contribution in [0.4, 0.5) is 10.1 Å². The lowest BCUT2D eigenvalue weighted by atomic mass is 9.74. The van der Waals surface area contributed by atoms with Gasteiger partial charge in [-0.1, -0.05) is 6.92 Å². The molecule has 0 saturated heterocycles. The highest BCUT2D eigenvalue weighted by Crippen LogP contribution is 2.39. The largest absolute Gasteiger partial charge is 0.377 e. The van der Waals surface area contributed by atoms with Crippen LogP contribution in [0.25, 0.3) is 0 Å². The first-order valence-corrected chi connectivity index (χ1v) is 6.57. The summed E-state index contributed by atoms with van der Waals surface area (Å²) in [6, 6.07) is 5.24. The molecule has 1 N–H and O–H groups in total. The van der Waals surface area contributed by atoms with Gasteiger partial charge in [-0.2, -0.15) is 5.26 Å². The number of nitrogens with one attached hydrogen (secondary N) is 1. The molecule has 0 atom stereocenters. The molecule has 2 nitrogen and oxygen atoms in total. The maximum absolute atomic E-state index is 14.0. The lowest BCUT2D eigenvalue weighted by Gasteiger charge is -2.43. The van der Waals surface area contributed by atoms with Crippen LogP contribution in [-0.4, -0.2) is 5.54 Å². The second-order valence-corrected chi connectivity index (χ2v) is 5.31. The maximum atomic E-state index is 14.0. The number of hydrogen-bond donors (Lipinski definition) is 1. The van der Waals surface area contributed by atoms with Crippen molar-refractivity contribution in [3.63, 3.8) is 0 Å². The van der Waals surface area contributed by atoms with Crippen molar-refractivity contribution < 1.29 is 4.39 Å². The number of benzene rings is 1. The first-order chi connectivity index (χ1) is 8.12. The maximum Gasteiger partial charge on any atom is 0.161 e. The van der Waals surface area contributed by atoms with E-state index in [-0.39, 0.29) is 15.8 Å². The average Bonchev–Trinajstić information content (AvgIpc) is 2.29. The van der Waals surface area contributed by atoms with Gasteiger partial charge in [0.2, 0.25) is 0 Å². The van der Waals surface area contributed by atoms with Gasteiger partial charge < -0.3 is 5.32 Å². The molecule has 1 aliphatic carbocycles. The minimum atomic E-state index is -0.372. The topological polar surface area (TPSA) is 35.8 Å². The van der Waals surface area contributed by atoms with E-state index < -0.39 is 0 Å². The van der Waals surface area contributed by atoms with Crippen molar-refractivity contribution >= 4 is 21.6 Å². The first-order valence-electron chi connectivity index (χ1n) is 5.78. The van der Waals surface area contributed by atoms with E-state index in [9.17, 15) is 4.39 Å². The average molecular weight is 297 g/mol. The highest BCUT2D eigenvalue weighted by atomic mass is 79.9. The van der Waals surface area contributed by atoms with Crippen LogP contribution in [-0.2, 0) is 0 Å². The molecule has 0 unspecified atom stereocenters. The van der Waals surface area contributed by atoms with Crippen molar-refractivity contribution in [1.82, 2.24) is 0 Å². The highest BCUT2D eigenvalue weighted by Gasteiger charge is 2.35. The van der Waals surface area contributed by atoms with Crippen LogP contribution in [0.15, 0.2) is 16.6 Å². The molecule has 0 radical (unpaired) electrons. The third-order valence-electron chi connectivity index (χ3n) is 3.59. The van der Waals surface area contributed by atoms with Crippen LogP contribution in [0.1, 0.15) is 38.2 Å². The third kappa shape index (κ3) is 2.16. The quantitative estimate of drug-likeness (QED) is 0.907. The van der Waals surface area contributed by atoms with Crippen LogP contribution >= 0.6 is 15.9 Å². The second kappa shape index (κ2) is 4.66.